The number of nitrogens with zero attached hydrogens (tertiary/aromatic N) is 1. The summed E-state index contributed by atoms with van der Waals surface area (Å²) in [6.45, 7) is 2.19. The van der Waals surface area contributed by atoms with Crippen LogP contribution in [0.1, 0.15) is 37.8 Å². The fourth-order valence-corrected chi connectivity index (χ4v) is 2.00. The van der Waals surface area contributed by atoms with Gasteiger partial charge in [-0.05, 0) is 37.8 Å². The predicted molar refractivity (Wildman–Crippen MR) is 62.6 cm³/mol. The van der Waals surface area contributed by atoms with Gasteiger partial charge >= 0.3 is 0 Å². The Kier molecular flexibility index (Phi) is 3.51. The van der Waals surface area contributed by atoms with Crippen LogP contribution in [0.2, 0.25) is 0 Å². The average molecular weight is 202 g/mol. The zero-order valence-corrected chi connectivity index (χ0v) is 9.19. The van der Waals surface area contributed by atoms with Gasteiger partial charge in [0.2, 0.25) is 0 Å². The molecule has 0 saturated heterocycles. The Bertz CT molecular complexity index is 319. The van der Waals surface area contributed by atoms with Gasteiger partial charge in [0, 0.05) is 24.5 Å². The molecule has 15 heavy (non-hydrogen) atoms. The maximum absolute atomic E-state index is 4.14. The second-order valence-corrected chi connectivity index (χ2v) is 4.14. The zero-order chi connectivity index (χ0) is 10.5. The van der Waals surface area contributed by atoms with E-state index < -0.39 is 0 Å². The summed E-state index contributed by atoms with van der Waals surface area (Å²) in [5.41, 5.74) is 1.26. The van der Waals surface area contributed by atoms with Crippen LogP contribution in [0.25, 0.3) is 0 Å². The third kappa shape index (κ3) is 2.90. The first-order chi connectivity index (χ1) is 7.36. The zero-order valence-electron chi connectivity index (χ0n) is 9.19. The largest absolute Gasteiger partial charge is 0.304 e. The molecule has 0 saturated carbocycles. The van der Waals surface area contributed by atoms with Crippen molar-refractivity contribution in [1.29, 1.82) is 0 Å². The van der Waals surface area contributed by atoms with E-state index in [1.807, 2.05) is 18.5 Å². The molecular formula is C13H18N2. The lowest BCUT2D eigenvalue weighted by atomic mass is 10.0. The van der Waals surface area contributed by atoms with E-state index in [-0.39, 0.29) is 0 Å². The monoisotopic (exact) mass is 202 g/mol. The third-order valence-electron chi connectivity index (χ3n) is 2.90. The Labute approximate surface area is 91.4 Å². The highest BCUT2D eigenvalue weighted by atomic mass is 14.9. The van der Waals surface area contributed by atoms with Crippen molar-refractivity contribution in [2.45, 2.75) is 38.3 Å². The van der Waals surface area contributed by atoms with Gasteiger partial charge in [-0.1, -0.05) is 18.2 Å². The van der Waals surface area contributed by atoms with Crippen molar-refractivity contribution < 1.29 is 0 Å². The Balaban J connectivity index is 1.94. The molecule has 0 bridgehead atoms. The molecule has 0 amide bonds. The second kappa shape index (κ2) is 5.08. The van der Waals surface area contributed by atoms with Gasteiger partial charge in [-0.25, -0.2) is 0 Å². The normalized spacial score (nSPS) is 22.6. The summed E-state index contributed by atoms with van der Waals surface area (Å²) < 4.78 is 0. The maximum Gasteiger partial charge on any atom is 0.0315 e. The summed E-state index contributed by atoms with van der Waals surface area (Å²) in [7, 11) is 0. The SMILES string of the molecule is C[C@@H](NC1C=CCCC1)c1cccnc1. The number of nitrogens with one attached hydrogen (secondary N) is 1. The smallest absolute Gasteiger partial charge is 0.0315 e. The second-order valence-electron chi connectivity index (χ2n) is 4.14. The maximum atomic E-state index is 4.14. The first kappa shape index (κ1) is 10.4. The molecular weight excluding hydrogens is 184 g/mol. The predicted octanol–water partition coefficient (Wildman–Crippen LogP) is 2.84. The highest BCUT2D eigenvalue weighted by Gasteiger charge is 2.12. The van der Waals surface area contributed by atoms with Gasteiger partial charge in [0.15, 0.2) is 0 Å². The Morgan fingerprint density at radius 3 is 3.13 bits per heavy atom. The van der Waals surface area contributed by atoms with Crippen LogP contribution in [0.5, 0.6) is 0 Å². The van der Waals surface area contributed by atoms with Crippen LogP contribution < -0.4 is 5.32 Å². The molecule has 2 rings (SSSR count). The van der Waals surface area contributed by atoms with Gasteiger partial charge in [0.1, 0.15) is 0 Å². The molecule has 2 heteroatoms. The first-order valence-electron chi connectivity index (χ1n) is 5.69. The lowest BCUT2D eigenvalue weighted by Crippen LogP contribution is -2.30. The number of hydrogen-bond acceptors (Lipinski definition) is 2. The quantitative estimate of drug-likeness (QED) is 0.762. The van der Waals surface area contributed by atoms with E-state index in [1.165, 1.54) is 24.8 Å². The molecule has 2 atom stereocenters. The van der Waals surface area contributed by atoms with E-state index >= 15 is 0 Å². The molecule has 0 radical (unpaired) electrons. The lowest BCUT2D eigenvalue weighted by Gasteiger charge is -2.22. The van der Waals surface area contributed by atoms with E-state index in [4.69, 9.17) is 0 Å². The topological polar surface area (TPSA) is 24.9 Å². The Hall–Kier alpha value is -1.15. The van der Waals surface area contributed by atoms with E-state index in [1.54, 1.807) is 0 Å². The van der Waals surface area contributed by atoms with Crippen molar-refractivity contribution in [3.8, 4) is 0 Å². The number of pyridine rings is 1. The molecule has 1 unspecified atom stereocenters. The molecule has 1 heterocycles. The number of allylic oxidation sites excluding steroid dienone is 1. The van der Waals surface area contributed by atoms with E-state index in [0.29, 0.717) is 12.1 Å². The van der Waals surface area contributed by atoms with Crippen LogP contribution in [0, 0.1) is 0 Å². The molecule has 80 valence electrons. The lowest BCUT2D eigenvalue weighted by molar-refractivity contribution is 0.467. The Morgan fingerprint density at radius 2 is 2.47 bits per heavy atom. The number of rotatable bonds is 3. The van der Waals surface area contributed by atoms with Crippen LogP contribution in [0.15, 0.2) is 36.7 Å². The summed E-state index contributed by atoms with van der Waals surface area (Å²) >= 11 is 0. The molecule has 0 spiro atoms. The minimum absolute atomic E-state index is 0.381. The van der Waals surface area contributed by atoms with Gasteiger partial charge in [-0.3, -0.25) is 4.98 Å². The molecule has 2 nitrogen and oxygen atoms in total. The van der Waals surface area contributed by atoms with Crippen molar-refractivity contribution in [2.75, 3.05) is 0 Å². The van der Waals surface area contributed by atoms with Gasteiger partial charge in [-0.2, -0.15) is 0 Å². The van der Waals surface area contributed by atoms with Crippen molar-refractivity contribution in [2.24, 2.45) is 0 Å². The van der Waals surface area contributed by atoms with Crippen molar-refractivity contribution in [1.82, 2.24) is 10.3 Å². The summed E-state index contributed by atoms with van der Waals surface area (Å²) in [6, 6.07) is 5.03. The van der Waals surface area contributed by atoms with Crippen LogP contribution in [0.3, 0.4) is 0 Å². The van der Waals surface area contributed by atoms with Crippen molar-refractivity contribution in [3.05, 3.63) is 42.2 Å². The Morgan fingerprint density at radius 1 is 1.53 bits per heavy atom. The highest BCUT2D eigenvalue weighted by Crippen LogP contribution is 2.16. The fraction of sp³-hybridized carbons (Fsp3) is 0.462. The minimum Gasteiger partial charge on any atom is -0.304 e. The summed E-state index contributed by atoms with van der Waals surface area (Å²) in [6.07, 6.45) is 12.1. The highest BCUT2D eigenvalue weighted by molar-refractivity contribution is 5.14. The van der Waals surface area contributed by atoms with Gasteiger partial charge in [0.05, 0.1) is 0 Å². The van der Waals surface area contributed by atoms with Crippen LogP contribution in [-0.2, 0) is 0 Å². The van der Waals surface area contributed by atoms with Gasteiger partial charge < -0.3 is 5.32 Å². The van der Waals surface area contributed by atoms with E-state index in [0.717, 1.165) is 0 Å². The molecule has 0 fully saturated rings. The molecule has 0 aliphatic heterocycles. The van der Waals surface area contributed by atoms with Gasteiger partial charge in [-0.15, -0.1) is 0 Å². The van der Waals surface area contributed by atoms with Crippen LogP contribution in [-0.4, -0.2) is 11.0 Å². The number of aromatic nitrogens is 1. The average Bonchev–Trinajstić information content (AvgIpc) is 2.31. The summed E-state index contributed by atoms with van der Waals surface area (Å²) in [4.78, 5) is 4.14. The van der Waals surface area contributed by atoms with Crippen LogP contribution in [0.4, 0.5) is 0 Å². The molecule has 0 aromatic carbocycles. The summed E-state index contributed by atoms with van der Waals surface area (Å²) in [5, 5.41) is 3.61. The van der Waals surface area contributed by atoms with E-state index in [9.17, 15) is 0 Å². The third-order valence-corrected chi connectivity index (χ3v) is 2.90. The van der Waals surface area contributed by atoms with Crippen LogP contribution >= 0.6 is 0 Å². The number of hydrogen-bond donors (Lipinski definition) is 1. The minimum atomic E-state index is 0.381. The fourth-order valence-electron chi connectivity index (χ4n) is 2.00. The van der Waals surface area contributed by atoms with Gasteiger partial charge in [0.25, 0.3) is 0 Å². The molecule has 1 aromatic heterocycles. The molecule has 1 aromatic rings. The molecule has 1 aliphatic carbocycles. The standard InChI is InChI=1S/C13H18N2/c1-11(12-6-5-9-14-10-12)15-13-7-3-2-4-8-13/h3,5-7,9-11,13,15H,2,4,8H2,1H3/t11-,13?/m1/s1. The first-order valence-corrected chi connectivity index (χ1v) is 5.69. The van der Waals surface area contributed by atoms with E-state index in [2.05, 4.69) is 35.4 Å². The summed E-state index contributed by atoms with van der Waals surface area (Å²) in [5.74, 6) is 0. The molecule has 1 N–H and O–H groups in total. The van der Waals surface area contributed by atoms with Crippen molar-refractivity contribution >= 4 is 0 Å². The molecule has 1 aliphatic rings. The van der Waals surface area contributed by atoms with Crippen molar-refractivity contribution in [3.63, 3.8) is 0 Å².